The predicted octanol–water partition coefficient (Wildman–Crippen LogP) is 2.73. The second-order valence-electron chi connectivity index (χ2n) is 9.81. The Morgan fingerprint density at radius 1 is 1.09 bits per heavy atom. The zero-order valence-electron chi connectivity index (χ0n) is 19.1. The number of guanidine groups is 1. The number of nitrogens with zero attached hydrogens (tertiary/aromatic N) is 1. The number of hydrogen-bond donors (Lipinski definition) is 4. The van der Waals surface area contributed by atoms with E-state index in [9.17, 15) is 26.7 Å². The molecule has 3 fully saturated rings. The van der Waals surface area contributed by atoms with Gasteiger partial charge in [0.25, 0.3) is 0 Å². The van der Waals surface area contributed by atoms with Crippen LogP contribution in [0.1, 0.15) is 52.9 Å². The van der Waals surface area contributed by atoms with E-state index in [-0.39, 0.29) is 49.5 Å². The van der Waals surface area contributed by atoms with Gasteiger partial charge in [-0.15, -0.1) is 0 Å². The first kappa shape index (κ1) is 26.1. The maximum absolute atomic E-state index is 13.8. The van der Waals surface area contributed by atoms with Crippen molar-refractivity contribution in [2.45, 2.75) is 95.8 Å². The first-order chi connectivity index (χ1) is 15.4. The van der Waals surface area contributed by atoms with Gasteiger partial charge in [0.1, 0.15) is 12.3 Å². The number of aliphatic imine (C=N–C) groups is 1. The highest BCUT2D eigenvalue weighted by Crippen LogP contribution is 2.37. The summed E-state index contributed by atoms with van der Waals surface area (Å²) >= 11 is 0. The lowest BCUT2D eigenvalue weighted by Gasteiger charge is -2.31. The molecule has 3 aliphatic rings. The molecule has 4 N–H and O–H groups in total. The summed E-state index contributed by atoms with van der Waals surface area (Å²) in [6.07, 6.45) is -9.37. The quantitative estimate of drug-likeness (QED) is 0.275. The summed E-state index contributed by atoms with van der Waals surface area (Å²) in [5.74, 6) is -2.15. The lowest BCUT2D eigenvalue weighted by Crippen LogP contribution is -2.53. The molecule has 1 amide bonds. The Morgan fingerprint density at radius 2 is 1.76 bits per heavy atom. The first-order valence-corrected chi connectivity index (χ1v) is 11.6. The second-order valence-corrected chi connectivity index (χ2v) is 9.81. The number of nitrogens with one attached hydrogen (secondary N) is 4. The molecule has 0 radical (unpaired) electrons. The first-order valence-electron chi connectivity index (χ1n) is 11.6. The molecule has 12 heteroatoms. The Balaban J connectivity index is 1.62. The molecule has 0 aromatic rings. The summed E-state index contributed by atoms with van der Waals surface area (Å²) < 4.78 is 72.5. The third kappa shape index (κ3) is 7.22. The van der Waals surface area contributed by atoms with Crippen LogP contribution in [0.15, 0.2) is 4.99 Å². The number of halogens is 5. The Morgan fingerprint density at radius 3 is 2.36 bits per heavy atom. The minimum Gasteiger partial charge on any atom is -0.365 e. The van der Waals surface area contributed by atoms with E-state index in [4.69, 9.17) is 4.74 Å². The fourth-order valence-corrected chi connectivity index (χ4v) is 4.74. The smallest absolute Gasteiger partial charge is 0.365 e. The molecule has 7 nitrogen and oxygen atoms in total. The van der Waals surface area contributed by atoms with Crippen molar-refractivity contribution in [1.29, 1.82) is 0 Å². The normalized spacial score (nSPS) is 38.0. The minimum absolute atomic E-state index is 0.0464. The van der Waals surface area contributed by atoms with Gasteiger partial charge in [-0.2, -0.15) is 13.2 Å². The zero-order chi connectivity index (χ0) is 24.3. The van der Waals surface area contributed by atoms with Crippen LogP contribution in [0, 0.1) is 17.8 Å². The van der Waals surface area contributed by atoms with Gasteiger partial charge in [0.05, 0.1) is 18.2 Å². The average molecular weight is 484 g/mol. The van der Waals surface area contributed by atoms with Crippen molar-refractivity contribution in [3.8, 4) is 0 Å². The lowest BCUT2D eigenvalue weighted by atomic mass is 9.81. The van der Waals surface area contributed by atoms with Crippen molar-refractivity contribution in [2.24, 2.45) is 22.7 Å². The van der Waals surface area contributed by atoms with Crippen LogP contribution in [-0.4, -0.2) is 61.3 Å². The highest BCUT2D eigenvalue weighted by Gasteiger charge is 2.53. The molecule has 0 bridgehead atoms. The Bertz CT molecular complexity index is 697. The van der Waals surface area contributed by atoms with Gasteiger partial charge in [0.15, 0.2) is 12.1 Å². The lowest BCUT2D eigenvalue weighted by molar-refractivity contribution is -0.222. The molecule has 190 valence electrons. The summed E-state index contributed by atoms with van der Waals surface area (Å²) in [6.45, 7) is 5.69. The fraction of sp³-hybridized carbons (Fsp3) is 0.905. The van der Waals surface area contributed by atoms with E-state index >= 15 is 0 Å². The van der Waals surface area contributed by atoms with Gasteiger partial charge >= 0.3 is 6.18 Å². The Kier molecular flexibility index (Phi) is 8.55. The van der Waals surface area contributed by atoms with E-state index in [0.717, 1.165) is 0 Å². The van der Waals surface area contributed by atoms with E-state index in [1.54, 1.807) is 0 Å². The van der Waals surface area contributed by atoms with Crippen molar-refractivity contribution >= 4 is 11.9 Å². The predicted molar refractivity (Wildman–Crippen MR) is 113 cm³/mol. The highest BCUT2D eigenvalue weighted by molar-refractivity contribution is 5.98. The summed E-state index contributed by atoms with van der Waals surface area (Å²) in [5, 5.41) is 5.52. The van der Waals surface area contributed by atoms with Crippen LogP contribution in [0.25, 0.3) is 0 Å². The molecule has 1 aliphatic carbocycles. The van der Waals surface area contributed by atoms with Gasteiger partial charge in [0.2, 0.25) is 5.91 Å². The van der Waals surface area contributed by atoms with Gasteiger partial charge < -0.3 is 10.1 Å². The molecular formula is C21H34F5N5O2. The van der Waals surface area contributed by atoms with E-state index < -0.39 is 48.7 Å². The van der Waals surface area contributed by atoms with Crippen LogP contribution in [0.4, 0.5) is 22.0 Å². The summed E-state index contributed by atoms with van der Waals surface area (Å²) in [7, 11) is 0. The number of hydrogen-bond acceptors (Lipinski definition) is 5. The Hall–Kier alpha value is -1.53. The molecule has 33 heavy (non-hydrogen) atoms. The van der Waals surface area contributed by atoms with Crippen molar-refractivity contribution in [1.82, 2.24) is 21.5 Å². The number of amides is 1. The van der Waals surface area contributed by atoms with E-state index in [1.807, 2.05) is 13.8 Å². The summed E-state index contributed by atoms with van der Waals surface area (Å²) in [6, 6.07) is -0.181. The zero-order valence-corrected chi connectivity index (χ0v) is 19.1. The molecule has 7 atom stereocenters. The highest BCUT2D eigenvalue weighted by atomic mass is 19.4. The maximum Gasteiger partial charge on any atom is 0.415 e. The van der Waals surface area contributed by atoms with Crippen LogP contribution in [0.5, 0.6) is 0 Å². The molecule has 0 aromatic heterocycles. The Labute approximate surface area is 190 Å². The van der Waals surface area contributed by atoms with Crippen LogP contribution in [-0.2, 0) is 9.53 Å². The van der Waals surface area contributed by atoms with Crippen molar-refractivity contribution in [3.63, 3.8) is 0 Å². The van der Waals surface area contributed by atoms with E-state index in [1.165, 1.54) is 6.92 Å². The van der Waals surface area contributed by atoms with E-state index in [0.29, 0.717) is 13.0 Å². The third-order valence-electron chi connectivity index (χ3n) is 6.29. The molecule has 2 saturated heterocycles. The fourth-order valence-electron chi connectivity index (χ4n) is 4.74. The average Bonchev–Trinajstić information content (AvgIpc) is 3.32. The van der Waals surface area contributed by atoms with Crippen LogP contribution in [0.2, 0.25) is 0 Å². The maximum atomic E-state index is 13.8. The van der Waals surface area contributed by atoms with Crippen molar-refractivity contribution in [3.05, 3.63) is 0 Å². The third-order valence-corrected chi connectivity index (χ3v) is 6.29. The van der Waals surface area contributed by atoms with Crippen molar-refractivity contribution < 1.29 is 31.5 Å². The molecule has 1 saturated carbocycles. The SMILES string of the molecule is CC(C)CN=C(NC(=O)C1CC(C)OC1C(F)(F)F)NC1CC(C2CC(F)CC(F)C2)NN1. The molecule has 3 rings (SSSR count). The molecule has 0 spiro atoms. The second kappa shape index (κ2) is 10.8. The number of carbonyl (C=O) groups excluding carboxylic acids is 1. The number of alkyl halides is 5. The summed E-state index contributed by atoms with van der Waals surface area (Å²) in [4.78, 5) is 17.1. The van der Waals surface area contributed by atoms with Gasteiger partial charge in [-0.05, 0) is 44.4 Å². The number of rotatable bonds is 5. The van der Waals surface area contributed by atoms with Crippen LogP contribution >= 0.6 is 0 Å². The molecular weight excluding hydrogens is 449 g/mol. The number of carbonyl (C=O) groups is 1. The van der Waals surface area contributed by atoms with Gasteiger partial charge in [-0.3, -0.25) is 20.5 Å². The van der Waals surface area contributed by atoms with Gasteiger partial charge in [0, 0.05) is 19.0 Å². The summed E-state index contributed by atoms with van der Waals surface area (Å²) in [5.41, 5.74) is 6.04. The topological polar surface area (TPSA) is 86.8 Å². The van der Waals surface area contributed by atoms with Crippen molar-refractivity contribution in [2.75, 3.05) is 6.54 Å². The minimum atomic E-state index is -4.65. The standard InChI is InChI=1S/C21H34F5N5O2/c1-10(2)9-27-20(29-19(32)15-4-11(3)33-18(15)21(24,25)26)28-17-8-16(30-31-17)12-5-13(22)7-14(23)6-12/h10-18,30-31H,4-9H2,1-3H3,(H2,27,28,29,32). The van der Waals surface area contributed by atoms with E-state index in [2.05, 4.69) is 26.5 Å². The van der Waals surface area contributed by atoms with Crippen LogP contribution in [0.3, 0.4) is 0 Å². The number of hydrazine groups is 1. The molecule has 2 aliphatic heterocycles. The molecule has 0 aromatic carbocycles. The number of ether oxygens (including phenoxy) is 1. The van der Waals surface area contributed by atoms with Gasteiger partial charge in [-0.25, -0.2) is 14.2 Å². The monoisotopic (exact) mass is 483 g/mol. The van der Waals surface area contributed by atoms with Crippen LogP contribution < -0.4 is 21.5 Å². The van der Waals surface area contributed by atoms with Gasteiger partial charge in [-0.1, -0.05) is 13.8 Å². The molecule has 2 heterocycles. The largest absolute Gasteiger partial charge is 0.415 e. The molecule has 7 unspecified atom stereocenters.